The summed E-state index contributed by atoms with van der Waals surface area (Å²) >= 11 is 5.89. The Bertz CT molecular complexity index is 489. The van der Waals surface area contributed by atoms with E-state index in [2.05, 4.69) is 26.5 Å². The topological polar surface area (TPSA) is 105 Å². The molecule has 1 aromatic rings. The molecule has 1 heterocycles. The Morgan fingerprint density at radius 2 is 1.88 bits per heavy atom. The summed E-state index contributed by atoms with van der Waals surface area (Å²) in [6.45, 7) is 7.66. The number of rotatable bonds is 3. The molecule has 0 saturated heterocycles. The third kappa shape index (κ3) is 10.4. The third-order valence-electron chi connectivity index (χ3n) is 3.65. The van der Waals surface area contributed by atoms with Crippen LogP contribution in [0.5, 0.6) is 0 Å². The van der Waals surface area contributed by atoms with Crippen LogP contribution in [-0.2, 0) is 4.74 Å². The highest BCUT2D eigenvalue weighted by atomic mass is 35.5. The van der Waals surface area contributed by atoms with E-state index in [1.165, 1.54) is 39.4 Å². The van der Waals surface area contributed by atoms with E-state index in [1.807, 2.05) is 14.0 Å². The molecule has 0 aromatic carbocycles. The summed E-state index contributed by atoms with van der Waals surface area (Å²) in [5.41, 5.74) is 6.37. The van der Waals surface area contributed by atoms with E-state index in [9.17, 15) is 0 Å². The summed E-state index contributed by atoms with van der Waals surface area (Å²) < 4.78 is 4.54. The molecule has 2 rings (SSSR count). The van der Waals surface area contributed by atoms with Crippen LogP contribution in [0.2, 0.25) is 5.15 Å². The molecule has 2 unspecified atom stereocenters. The van der Waals surface area contributed by atoms with Crippen molar-refractivity contribution in [2.75, 3.05) is 31.4 Å². The molecule has 4 N–H and O–H groups in total. The average molecular weight is 377 g/mol. The average Bonchev–Trinajstić information content (AvgIpc) is 2.94. The molecule has 1 fully saturated rings. The van der Waals surface area contributed by atoms with E-state index in [0.717, 1.165) is 18.3 Å². The van der Waals surface area contributed by atoms with Crippen LogP contribution in [0.1, 0.15) is 47.0 Å². The maximum atomic E-state index is 8.08. The Hall–Kier alpha value is -1.15. The van der Waals surface area contributed by atoms with E-state index in [4.69, 9.17) is 27.5 Å². The lowest BCUT2D eigenvalue weighted by Crippen LogP contribution is -2.30. The van der Waals surface area contributed by atoms with Gasteiger partial charge in [0.05, 0.1) is 0 Å². The first kappa shape index (κ1) is 23.9. The van der Waals surface area contributed by atoms with Crippen LogP contribution < -0.4 is 10.6 Å². The number of nitrogens with zero attached hydrogens (tertiary/aromatic N) is 3. The minimum Gasteiger partial charge on any atom is -0.393 e. The van der Waals surface area contributed by atoms with Crippen molar-refractivity contribution in [3.63, 3.8) is 0 Å². The molecule has 1 aliphatic rings. The van der Waals surface area contributed by atoms with Gasteiger partial charge in [-0.3, -0.25) is 0 Å². The molecule has 0 aliphatic heterocycles. The SMILES string of the molecule is CC(C)(O)O.CC1CCC(N(C)c2ncnc(Cl)c2N)C1.CCOC. The van der Waals surface area contributed by atoms with E-state index in [0.29, 0.717) is 16.9 Å². The van der Waals surface area contributed by atoms with E-state index < -0.39 is 5.79 Å². The number of hydrogen-bond donors (Lipinski definition) is 3. The lowest BCUT2D eigenvalue weighted by Gasteiger charge is -2.26. The van der Waals surface area contributed by atoms with Gasteiger partial charge in [-0.15, -0.1) is 0 Å². The van der Waals surface area contributed by atoms with Crippen molar-refractivity contribution in [3.8, 4) is 0 Å². The number of hydrogen-bond acceptors (Lipinski definition) is 7. The fourth-order valence-corrected chi connectivity index (χ4v) is 2.48. The largest absolute Gasteiger partial charge is 0.393 e. The zero-order chi connectivity index (χ0) is 19.6. The number of halogens is 1. The number of anilines is 2. The van der Waals surface area contributed by atoms with Gasteiger partial charge in [0.1, 0.15) is 12.0 Å². The number of ether oxygens (including phenoxy) is 1. The summed E-state index contributed by atoms with van der Waals surface area (Å²) in [5, 5.41) is 16.5. The smallest absolute Gasteiger partial charge is 0.157 e. The monoisotopic (exact) mass is 376 g/mol. The van der Waals surface area contributed by atoms with Crippen LogP contribution in [0.3, 0.4) is 0 Å². The Morgan fingerprint density at radius 1 is 1.36 bits per heavy atom. The summed E-state index contributed by atoms with van der Waals surface area (Å²) in [7, 11) is 3.71. The van der Waals surface area contributed by atoms with Crippen LogP contribution in [0.25, 0.3) is 0 Å². The van der Waals surface area contributed by atoms with Gasteiger partial charge in [-0.25, -0.2) is 9.97 Å². The molecule has 2 atom stereocenters. The molecule has 0 spiro atoms. The Balaban J connectivity index is 0.000000536. The van der Waals surface area contributed by atoms with E-state index in [-0.39, 0.29) is 0 Å². The lowest BCUT2D eigenvalue weighted by atomic mass is 10.1. The van der Waals surface area contributed by atoms with Gasteiger partial charge in [0.15, 0.2) is 16.8 Å². The van der Waals surface area contributed by atoms with Crippen molar-refractivity contribution in [3.05, 3.63) is 11.5 Å². The van der Waals surface area contributed by atoms with Crippen molar-refractivity contribution in [2.45, 2.75) is 58.8 Å². The van der Waals surface area contributed by atoms with Gasteiger partial charge < -0.3 is 25.6 Å². The molecule has 0 amide bonds. The van der Waals surface area contributed by atoms with Crippen LogP contribution >= 0.6 is 11.6 Å². The van der Waals surface area contributed by atoms with Crippen LogP contribution in [0, 0.1) is 5.92 Å². The van der Waals surface area contributed by atoms with Crippen molar-refractivity contribution in [2.24, 2.45) is 5.92 Å². The van der Waals surface area contributed by atoms with Crippen molar-refractivity contribution in [1.29, 1.82) is 0 Å². The minimum atomic E-state index is -1.50. The predicted octanol–water partition coefficient (Wildman–Crippen LogP) is 2.70. The number of nitrogens with two attached hydrogens (primary N) is 1. The second-order valence-corrected chi connectivity index (χ2v) is 7.01. The molecule has 7 nitrogen and oxygen atoms in total. The number of aliphatic hydroxyl groups is 2. The first-order valence-electron chi connectivity index (χ1n) is 8.43. The van der Waals surface area contributed by atoms with Crippen LogP contribution in [0.4, 0.5) is 11.5 Å². The third-order valence-corrected chi connectivity index (χ3v) is 3.95. The predicted molar refractivity (Wildman–Crippen MR) is 103 cm³/mol. The van der Waals surface area contributed by atoms with Gasteiger partial charge in [0.2, 0.25) is 0 Å². The molecular weight excluding hydrogens is 344 g/mol. The fraction of sp³-hybridized carbons (Fsp3) is 0.765. The van der Waals surface area contributed by atoms with E-state index >= 15 is 0 Å². The van der Waals surface area contributed by atoms with E-state index in [1.54, 1.807) is 7.11 Å². The molecule has 8 heteroatoms. The van der Waals surface area contributed by atoms with Gasteiger partial charge in [-0.2, -0.15) is 0 Å². The maximum absolute atomic E-state index is 8.08. The standard InChI is InChI=1S/C11H17ClN4.C3H8O2.C3H8O/c1-7-3-4-8(5-7)16(2)11-9(13)10(12)14-6-15-11;1-3(2,4)5;1-3-4-2/h6-8H,3-5,13H2,1-2H3;4-5H,1-2H3;3H2,1-2H3. The van der Waals surface area contributed by atoms with Crippen LogP contribution in [0.15, 0.2) is 6.33 Å². The summed E-state index contributed by atoms with van der Waals surface area (Å²) in [4.78, 5) is 10.2. The first-order chi connectivity index (χ1) is 11.5. The highest BCUT2D eigenvalue weighted by Crippen LogP contribution is 2.33. The highest BCUT2D eigenvalue weighted by molar-refractivity contribution is 6.32. The second-order valence-electron chi connectivity index (χ2n) is 6.66. The summed E-state index contributed by atoms with van der Waals surface area (Å²) in [5.74, 6) is 0.0325. The molecule has 1 saturated carbocycles. The number of aromatic nitrogens is 2. The Kier molecular flexibility index (Phi) is 10.9. The summed E-state index contributed by atoms with van der Waals surface area (Å²) in [6.07, 6.45) is 5.12. The maximum Gasteiger partial charge on any atom is 0.157 e. The van der Waals surface area contributed by atoms with Crippen molar-refractivity contribution < 1.29 is 14.9 Å². The zero-order valence-corrected chi connectivity index (χ0v) is 16.9. The van der Waals surface area contributed by atoms with Gasteiger partial charge in [0.25, 0.3) is 0 Å². The first-order valence-corrected chi connectivity index (χ1v) is 8.81. The van der Waals surface area contributed by atoms with Crippen molar-refractivity contribution in [1.82, 2.24) is 9.97 Å². The minimum absolute atomic E-state index is 0.336. The summed E-state index contributed by atoms with van der Waals surface area (Å²) in [6, 6.07) is 0.517. The molecule has 0 bridgehead atoms. The molecule has 0 radical (unpaired) electrons. The van der Waals surface area contributed by atoms with Crippen LogP contribution in [-0.4, -0.2) is 52.8 Å². The quantitative estimate of drug-likeness (QED) is 0.550. The molecular formula is C17H33ClN4O3. The number of methoxy groups -OCH3 is 1. The molecule has 25 heavy (non-hydrogen) atoms. The highest BCUT2D eigenvalue weighted by Gasteiger charge is 2.26. The molecule has 146 valence electrons. The molecule has 1 aliphatic carbocycles. The van der Waals surface area contributed by atoms with Gasteiger partial charge >= 0.3 is 0 Å². The number of nitrogen functional groups attached to an aromatic ring is 1. The Morgan fingerprint density at radius 3 is 2.28 bits per heavy atom. The Labute approximate surface area is 156 Å². The normalized spacial score (nSPS) is 19.4. The van der Waals surface area contributed by atoms with Gasteiger partial charge in [-0.05, 0) is 46.0 Å². The van der Waals surface area contributed by atoms with Crippen molar-refractivity contribution >= 4 is 23.1 Å². The van der Waals surface area contributed by atoms with Gasteiger partial charge in [0, 0.05) is 26.8 Å². The molecule has 1 aromatic heterocycles. The second kappa shape index (κ2) is 11.5. The van der Waals surface area contributed by atoms with Gasteiger partial charge in [-0.1, -0.05) is 18.5 Å². The fourth-order valence-electron chi connectivity index (χ4n) is 2.35. The lowest BCUT2D eigenvalue weighted by molar-refractivity contribution is -0.127. The zero-order valence-electron chi connectivity index (χ0n) is 16.2.